The predicted molar refractivity (Wildman–Crippen MR) is 70.6 cm³/mol. The van der Waals surface area contributed by atoms with Crippen molar-refractivity contribution >= 4 is 11.3 Å². The molecule has 0 saturated heterocycles. The molecule has 2 aliphatic carbocycles. The van der Waals surface area contributed by atoms with E-state index < -0.39 is 17.4 Å². The Bertz CT molecular complexity index is 696. The minimum absolute atomic E-state index is 0.0751. The Kier molecular flexibility index (Phi) is 3.13. The molecular formula is C15H12F2N2O2. The molecule has 1 fully saturated rings. The highest BCUT2D eigenvalue weighted by molar-refractivity contribution is 6.15. The van der Waals surface area contributed by atoms with Crippen LogP contribution in [0.3, 0.4) is 0 Å². The van der Waals surface area contributed by atoms with E-state index in [0.717, 1.165) is 31.4 Å². The fourth-order valence-electron chi connectivity index (χ4n) is 3.46. The summed E-state index contributed by atoms with van der Waals surface area (Å²) in [7, 11) is 0. The molecule has 108 valence electrons. The fraction of sp³-hybridized carbons (Fsp3) is 0.333. The SMILES string of the molecule is N#CC1=C(c2cc(F)c(O)c(F)c2)C2CCCC2/C1=N\O. The van der Waals surface area contributed by atoms with Crippen LogP contribution in [-0.2, 0) is 0 Å². The lowest BCUT2D eigenvalue weighted by molar-refractivity contribution is 0.315. The third kappa shape index (κ3) is 1.88. The molecule has 0 amide bonds. The van der Waals surface area contributed by atoms with Crippen molar-refractivity contribution in [2.24, 2.45) is 17.0 Å². The zero-order valence-electron chi connectivity index (χ0n) is 11.0. The van der Waals surface area contributed by atoms with E-state index in [2.05, 4.69) is 5.16 Å². The second-order valence-electron chi connectivity index (χ2n) is 5.32. The molecule has 2 unspecified atom stereocenters. The second-order valence-corrected chi connectivity index (χ2v) is 5.32. The summed E-state index contributed by atoms with van der Waals surface area (Å²) in [5, 5.41) is 30.9. The maximum Gasteiger partial charge on any atom is 0.187 e. The number of nitriles is 1. The summed E-state index contributed by atoms with van der Waals surface area (Å²) in [5.74, 6) is -3.33. The quantitative estimate of drug-likeness (QED) is 0.616. The molecule has 0 spiro atoms. The van der Waals surface area contributed by atoms with Gasteiger partial charge >= 0.3 is 0 Å². The van der Waals surface area contributed by atoms with Crippen molar-refractivity contribution in [2.75, 3.05) is 0 Å². The number of phenols is 1. The van der Waals surface area contributed by atoms with Crippen molar-refractivity contribution < 1.29 is 19.1 Å². The first-order valence-corrected chi connectivity index (χ1v) is 6.63. The van der Waals surface area contributed by atoms with Gasteiger partial charge in [0.15, 0.2) is 17.4 Å². The Morgan fingerprint density at radius 3 is 2.38 bits per heavy atom. The molecule has 2 atom stereocenters. The van der Waals surface area contributed by atoms with Crippen LogP contribution in [0.1, 0.15) is 24.8 Å². The van der Waals surface area contributed by atoms with Gasteiger partial charge in [-0.3, -0.25) is 0 Å². The van der Waals surface area contributed by atoms with Crippen LogP contribution in [-0.4, -0.2) is 16.0 Å². The third-order valence-corrected chi connectivity index (χ3v) is 4.31. The molecule has 0 radical (unpaired) electrons. The minimum Gasteiger partial charge on any atom is -0.503 e. The van der Waals surface area contributed by atoms with Crippen LogP contribution >= 0.6 is 0 Å². The molecule has 4 nitrogen and oxygen atoms in total. The van der Waals surface area contributed by atoms with Gasteiger partial charge in [-0.05, 0) is 42.0 Å². The zero-order chi connectivity index (χ0) is 15.1. The molecular weight excluding hydrogens is 278 g/mol. The molecule has 2 aliphatic rings. The average Bonchev–Trinajstić information content (AvgIpc) is 3.02. The van der Waals surface area contributed by atoms with Crippen LogP contribution < -0.4 is 0 Å². The first-order valence-electron chi connectivity index (χ1n) is 6.63. The van der Waals surface area contributed by atoms with E-state index in [1.807, 2.05) is 6.07 Å². The highest BCUT2D eigenvalue weighted by atomic mass is 19.1. The molecule has 21 heavy (non-hydrogen) atoms. The molecule has 6 heteroatoms. The number of oxime groups is 1. The Morgan fingerprint density at radius 1 is 1.19 bits per heavy atom. The van der Waals surface area contributed by atoms with Gasteiger partial charge in [0.05, 0.1) is 5.57 Å². The van der Waals surface area contributed by atoms with E-state index >= 15 is 0 Å². The highest BCUT2D eigenvalue weighted by Crippen LogP contribution is 2.50. The molecule has 0 aromatic heterocycles. The third-order valence-electron chi connectivity index (χ3n) is 4.31. The summed E-state index contributed by atoms with van der Waals surface area (Å²) in [6.07, 6.45) is 2.45. The predicted octanol–water partition coefficient (Wildman–Crippen LogP) is 3.21. The number of hydrogen-bond acceptors (Lipinski definition) is 4. The van der Waals surface area contributed by atoms with Crippen LogP contribution in [0.5, 0.6) is 5.75 Å². The van der Waals surface area contributed by atoms with E-state index in [1.165, 1.54) is 0 Å². The summed E-state index contributed by atoms with van der Waals surface area (Å²) in [6, 6.07) is 4.01. The Balaban J connectivity index is 2.22. The summed E-state index contributed by atoms with van der Waals surface area (Å²) in [5.41, 5.74) is 1.20. The molecule has 0 aliphatic heterocycles. The molecule has 2 N–H and O–H groups in total. The number of rotatable bonds is 1. The van der Waals surface area contributed by atoms with Crippen LogP contribution in [0.25, 0.3) is 5.57 Å². The number of nitrogens with zero attached hydrogens (tertiary/aromatic N) is 2. The zero-order valence-corrected chi connectivity index (χ0v) is 11.0. The number of halogens is 2. The number of hydrogen-bond donors (Lipinski definition) is 2. The average molecular weight is 290 g/mol. The smallest absolute Gasteiger partial charge is 0.187 e. The van der Waals surface area contributed by atoms with E-state index in [0.29, 0.717) is 11.3 Å². The summed E-state index contributed by atoms with van der Waals surface area (Å²) < 4.78 is 27.1. The largest absolute Gasteiger partial charge is 0.503 e. The number of aromatic hydroxyl groups is 1. The molecule has 0 bridgehead atoms. The monoisotopic (exact) mass is 290 g/mol. The fourth-order valence-corrected chi connectivity index (χ4v) is 3.46. The van der Waals surface area contributed by atoms with Crippen molar-refractivity contribution in [3.63, 3.8) is 0 Å². The van der Waals surface area contributed by atoms with E-state index in [1.54, 1.807) is 0 Å². The Hall–Kier alpha value is -2.42. The molecule has 1 aromatic rings. The lowest BCUT2D eigenvalue weighted by Crippen LogP contribution is -2.12. The molecule has 1 aromatic carbocycles. The summed E-state index contributed by atoms with van der Waals surface area (Å²) in [6.45, 7) is 0. The highest BCUT2D eigenvalue weighted by Gasteiger charge is 2.44. The molecule has 1 saturated carbocycles. The first-order chi connectivity index (χ1) is 10.1. The standard InChI is InChI=1S/C15H12F2N2O2/c16-11-4-7(5-12(17)15(11)20)13-8-2-1-3-9(8)14(19-21)10(13)6-18/h4-5,8-9,20-21H,1-3H2/b19-14+. The normalized spacial score (nSPS) is 26.2. The van der Waals surface area contributed by atoms with Crippen LogP contribution in [0.2, 0.25) is 0 Å². The van der Waals surface area contributed by atoms with Gasteiger partial charge in [0.2, 0.25) is 0 Å². The van der Waals surface area contributed by atoms with Crippen molar-refractivity contribution in [2.45, 2.75) is 19.3 Å². The van der Waals surface area contributed by atoms with Crippen LogP contribution in [0.15, 0.2) is 22.9 Å². The van der Waals surface area contributed by atoms with Crippen molar-refractivity contribution in [1.29, 1.82) is 5.26 Å². The van der Waals surface area contributed by atoms with Crippen molar-refractivity contribution in [3.8, 4) is 11.8 Å². The van der Waals surface area contributed by atoms with E-state index in [-0.39, 0.29) is 23.0 Å². The number of fused-ring (bicyclic) bond motifs is 1. The Labute approximate surface area is 119 Å². The van der Waals surface area contributed by atoms with Gasteiger partial charge in [0.1, 0.15) is 11.8 Å². The number of phenolic OH excluding ortho intramolecular Hbond substituents is 1. The second kappa shape index (κ2) is 4.85. The molecule has 0 heterocycles. The first kappa shape index (κ1) is 13.6. The van der Waals surface area contributed by atoms with Crippen molar-refractivity contribution in [3.05, 3.63) is 34.9 Å². The van der Waals surface area contributed by atoms with Gasteiger partial charge < -0.3 is 10.3 Å². The van der Waals surface area contributed by atoms with Crippen LogP contribution in [0.4, 0.5) is 8.78 Å². The maximum atomic E-state index is 13.6. The minimum atomic E-state index is -1.07. The van der Waals surface area contributed by atoms with Gasteiger partial charge in [-0.2, -0.15) is 5.26 Å². The van der Waals surface area contributed by atoms with Gasteiger partial charge in [-0.25, -0.2) is 8.78 Å². The molecule has 3 rings (SSSR count). The van der Waals surface area contributed by atoms with E-state index in [9.17, 15) is 19.1 Å². The lowest BCUT2D eigenvalue weighted by Gasteiger charge is -2.14. The van der Waals surface area contributed by atoms with E-state index in [4.69, 9.17) is 5.21 Å². The van der Waals surface area contributed by atoms with Crippen LogP contribution in [0, 0.1) is 34.8 Å². The Morgan fingerprint density at radius 2 is 1.81 bits per heavy atom. The summed E-state index contributed by atoms with van der Waals surface area (Å²) in [4.78, 5) is 0. The van der Waals surface area contributed by atoms with Gasteiger partial charge in [-0.1, -0.05) is 11.6 Å². The lowest BCUT2D eigenvalue weighted by atomic mass is 9.90. The number of allylic oxidation sites excluding steroid dienone is 2. The topological polar surface area (TPSA) is 76.6 Å². The van der Waals surface area contributed by atoms with Gasteiger partial charge in [0.25, 0.3) is 0 Å². The summed E-state index contributed by atoms with van der Waals surface area (Å²) >= 11 is 0. The van der Waals surface area contributed by atoms with Gasteiger partial charge in [0, 0.05) is 5.92 Å². The van der Waals surface area contributed by atoms with Gasteiger partial charge in [-0.15, -0.1) is 0 Å². The maximum absolute atomic E-state index is 13.6. The number of benzene rings is 1. The van der Waals surface area contributed by atoms with Crippen molar-refractivity contribution in [1.82, 2.24) is 0 Å².